The van der Waals surface area contributed by atoms with E-state index in [4.69, 9.17) is 0 Å². The Balaban J connectivity index is 2.06. The number of aliphatic hydroxyl groups excluding tert-OH is 1. The van der Waals surface area contributed by atoms with Crippen molar-refractivity contribution in [2.45, 2.75) is 19.9 Å². The molecule has 0 bridgehead atoms. The SMILES string of the molecule is CC(C)C(CO)Nc1nccn2c(-c3ccccc3F)cnc12. The number of benzene rings is 1. The third-order valence-electron chi connectivity index (χ3n) is 3.90. The molecule has 5 nitrogen and oxygen atoms in total. The van der Waals surface area contributed by atoms with Crippen LogP contribution in [0.3, 0.4) is 0 Å². The van der Waals surface area contributed by atoms with E-state index in [-0.39, 0.29) is 24.4 Å². The lowest BCUT2D eigenvalue weighted by Crippen LogP contribution is -2.30. The summed E-state index contributed by atoms with van der Waals surface area (Å²) in [6.45, 7) is 4.04. The number of anilines is 1. The van der Waals surface area contributed by atoms with Crippen molar-refractivity contribution in [2.75, 3.05) is 11.9 Å². The standard InChI is InChI=1S/C17H19FN4O/c1-11(2)14(10-23)21-16-17-20-9-15(22(17)8-7-19-16)12-5-3-4-6-13(12)18/h3-9,11,14,23H,10H2,1-2H3,(H,19,21). The fourth-order valence-corrected chi connectivity index (χ4v) is 2.49. The topological polar surface area (TPSA) is 62.5 Å². The van der Waals surface area contributed by atoms with Gasteiger partial charge in [0.25, 0.3) is 0 Å². The van der Waals surface area contributed by atoms with Gasteiger partial charge in [-0.2, -0.15) is 0 Å². The first-order chi connectivity index (χ1) is 11.1. The van der Waals surface area contributed by atoms with Gasteiger partial charge >= 0.3 is 0 Å². The van der Waals surface area contributed by atoms with Gasteiger partial charge in [0.1, 0.15) is 5.82 Å². The maximum Gasteiger partial charge on any atom is 0.180 e. The molecule has 0 aliphatic carbocycles. The Morgan fingerprint density at radius 1 is 1.26 bits per heavy atom. The van der Waals surface area contributed by atoms with Crippen LogP contribution in [-0.2, 0) is 0 Å². The van der Waals surface area contributed by atoms with Crippen molar-refractivity contribution in [3.05, 3.63) is 48.7 Å². The highest BCUT2D eigenvalue weighted by molar-refractivity contribution is 5.71. The van der Waals surface area contributed by atoms with E-state index >= 15 is 0 Å². The minimum Gasteiger partial charge on any atom is -0.394 e. The van der Waals surface area contributed by atoms with Gasteiger partial charge in [0.15, 0.2) is 11.5 Å². The molecule has 2 N–H and O–H groups in total. The molecule has 1 atom stereocenters. The normalized spacial score (nSPS) is 12.7. The molecule has 0 saturated heterocycles. The van der Waals surface area contributed by atoms with Gasteiger partial charge in [-0.05, 0) is 18.1 Å². The van der Waals surface area contributed by atoms with Crippen LogP contribution in [-0.4, -0.2) is 32.1 Å². The van der Waals surface area contributed by atoms with Crippen LogP contribution in [0.2, 0.25) is 0 Å². The second-order valence-corrected chi connectivity index (χ2v) is 5.77. The predicted octanol–water partition coefficient (Wildman–Crippen LogP) is 2.96. The summed E-state index contributed by atoms with van der Waals surface area (Å²) in [7, 11) is 0. The molecule has 6 heteroatoms. The van der Waals surface area contributed by atoms with E-state index in [0.29, 0.717) is 22.7 Å². The summed E-state index contributed by atoms with van der Waals surface area (Å²) in [5.41, 5.74) is 1.75. The largest absolute Gasteiger partial charge is 0.394 e. The number of hydrogen-bond donors (Lipinski definition) is 2. The van der Waals surface area contributed by atoms with E-state index in [0.717, 1.165) is 0 Å². The van der Waals surface area contributed by atoms with Gasteiger partial charge in [-0.1, -0.05) is 26.0 Å². The number of nitrogens with one attached hydrogen (secondary N) is 1. The Bertz CT molecular complexity index is 815. The average Bonchev–Trinajstić information content (AvgIpc) is 2.97. The minimum atomic E-state index is -0.295. The average molecular weight is 314 g/mol. The molecule has 0 spiro atoms. The number of hydrogen-bond acceptors (Lipinski definition) is 4. The van der Waals surface area contributed by atoms with E-state index in [2.05, 4.69) is 15.3 Å². The number of rotatable bonds is 5. The number of nitrogens with zero attached hydrogens (tertiary/aromatic N) is 3. The molecule has 23 heavy (non-hydrogen) atoms. The van der Waals surface area contributed by atoms with Gasteiger partial charge in [0.2, 0.25) is 0 Å². The fourth-order valence-electron chi connectivity index (χ4n) is 2.49. The summed E-state index contributed by atoms with van der Waals surface area (Å²) >= 11 is 0. The summed E-state index contributed by atoms with van der Waals surface area (Å²) < 4.78 is 15.8. The second kappa shape index (κ2) is 6.34. The molecule has 0 amide bonds. The third-order valence-corrected chi connectivity index (χ3v) is 3.90. The Morgan fingerprint density at radius 3 is 2.74 bits per heavy atom. The zero-order chi connectivity index (χ0) is 16.4. The van der Waals surface area contributed by atoms with Crippen LogP contribution >= 0.6 is 0 Å². The summed E-state index contributed by atoms with van der Waals surface area (Å²) in [6.07, 6.45) is 5.01. The highest BCUT2D eigenvalue weighted by atomic mass is 19.1. The van der Waals surface area contributed by atoms with Crippen molar-refractivity contribution in [3.8, 4) is 11.3 Å². The van der Waals surface area contributed by atoms with Gasteiger partial charge in [-0.25, -0.2) is 14.4 Å². The van der Waals surface area contributed by atoms with Crippen molar-refractivity contribution in [2.24, 2.45) is 5.92 Å². The first-order valence-corrected chi connectivity index (χ1v) is 7.56. The summed E-state index contributed by atoms with van der Waals surface area (Å²) in [5, 5.41) is 12.7. The quantitative estimate of drug-likeness (QED) is 0.760. The van der Waals surface area contributed by atoms with Crippen LogP contribution in [0, 0.1) is 11.7 Å². The van der Waals surface area contributed by atoms with E-state index < -0.39 is 0 Å². The first-order valence-electron chi connectivity index (χ1n) is 7.56. The van der Waals surface area contributed by atoms with E-state index in [1.54, 1.807) is 41.2 Å². The summed E-state index contributed by atoms with van der Waals surface area (Å²) in [5.74, 6) is 0.516. The van der Waals surface area contributed by atoms with Crippen molar-refractivity contribution in [1.82, 2.24) is 14.4 Å². The minimum absolute atomic E-state index is 0.00127. The van der Waals surface area contributed by atoms with Crippen molar-refractivity contribution in [3.63, 3.8) is 0 Å². The molecular formula is C17H19FN4O. The molecule has 0 aliphatic rings. The van der Waals surface area contributed by atoms with Crippen LogP contribution in [0.25, 0.3) is 16.9 Å². The predicted molar refractivity (Wildman–Crippen MR) is 87.7 cm³/mol. The van der Waals surface area contributed by atoms with E-state index in [1.165, 1.54) is 6.07 Å². The number of aliphatic hydroxyl groups is 1. The Hall–Kier alpha value is -2.47. The van der Waals surface area contributed by atoms with Crippen molar-refractivity contribution in [1.29, 1.82) is 0 Å². The molecule has 2 heterocycles. The molecule has 0 radical (unpaired) electrons. The molecule has 120 valence electrons. The van der Waals surface area contributed by atoms with E-state index in [9.17, 15) is 9.50 Å². The van der Waals surface area contributed by atoms with Crippen LogP contribution in [0.15, 0.2) is 42.9 Å². The molecule has 0 aliphatic heterocycles. The monoisotopic (exact) mass is 314 g/mol. The fraction of sp³-hybridized carbons (Fsp3) is 0.294. The van der Waals surface area contributed by atoms with Gasteiger partial charge in [-0.3, -0.25) is 4.40 Å². The number of imidazole rings is 1. The maximum atomic E-state index is 14.0. The van der Waals surface area contributed by atoms with Gasteiger partial charge in [0, 0.05) is 18.0 Å². The van der Waals surface area contributed by atoms with Crippen LogP contribution in [0.4, 0.5) is 10.2 Å². The zero-order valence-corrected chi connectivity index (χ0v) is 13.1. The van der Waals surface area contributed by atoms with Crippen LogP contribution < -0.4 is 5.32 Å². The first kappa shape index (κ1) is 15.4. The zero-order valence-electron chi connectivity index (χ0n) is 13.1. The van der Waals surface area contributed by atoms with Gasteiger partial charge < -0.3 is 10.4 Å². The molecule has 3 rings (SSSR count). The molecule has 3 aromatic rings. The van der Waals surface area contributed by atoms with Gasteiger partial charge in [-0.15, -0.1) is 0 Å². The highest BCUT2D eigenvalue weighted by Gasteiger charge is 2.17. The molecule has 0 fully saturated rings. The maximum absolute atomic E-state index is 14.0. The van der Waals surface area contributed by atoms with Crippen LogP contribution in [0.5, 0.6) is 0 Å². The highest BCUT2D eigenvalue weighted by Crippen LogP contribution is 2.26. The summed E-state index contributed by atoms with van der Waals surface area (Å²) in [6, 6.07) is 6.47. The molecule has 2 aromatic heterocycles. The lowest BCUT2D eigenvalue weighted by Gasteiger charge is -2.20. The van der Waals surface area contributed by atoms with E-state index in [1.807, 2.05) is 13.8 Å². The Morgan fingerprint density at radius 2 is 2.04 bits per heavy atom. The second-order valence-electron chi connectivity index (χ2n) is 5.77. The lowest BCUT2D eigenvalue weighted by molar-refractivity contribution is 0.249. The molecular weight excluding hydrogens is 295 g/mol. The number of halogens is 1. The number of aromatic nitrogens is 3. The van der Waals surface area contributed by atoms with Crippen molar-refractivity contribution < 1.29 is 9.50 Å². The molecule has 1 aromatic carbocycles. The summed E-state index contributed by atoms with van der Waals surface area (Å²) in [4.78, 5) is 8.68. The third kappa shape index (κ3) is 2.90. The Labute approximate surface area is 133 Å². The lowest BCUT2D eigenvalue weighted by atomic mass is 10.1. The Kier molecular flexibility index (Phi) is 4.25. The number of fused-ring (bicyclic) bond motifs is 1. The van der Waals surface area contributed by atoms with Crippen LogP contribution in [0.1, 0.15) is 13.8 Å². The molecule has 1 unspecified atom stereocenters. The molecule has 0 saturated carbocycles. The van der Waals surface area contributed by atoms with Gasteiger partial charge in [0.05, 0.1) is 24.5 Å². The smallest absolute Gasteiger partial charge is 0.180 e. The van der Waals surface area contributed by atoms with Crippen molar-refractivity contribution >= 4 is 11.5 Å².